The van der Waals surface area contributed by atoms with Crippen LogP contribution in [0.15, 0.2) is 42.5 Å². The van der Waals surface area contributed by atoms with Crippen molar-refractivity contribution in [3.05, 3.63) is 53.7 Å². The van der Waals surface area contributed by atoms with Crippen LogP contribution in [0, 0.1) is 0 Å². The molecule has 1 saturated heterocycles. The third kappa shape index (κ3) is 4.69. The molecule has 8 nitrogen and oxygen atoms in total. The smallest absolute Gasteiger partial charge is 0.387 e. The Hall–Kier alpha value is -3.05. The Labute approximate surface area is 189 Å². The Morgan fingerprint density at radius 2 is 2.00 bits per heavy atom. The van der Waals surface area contributed by atoms with Gasteiger partial charge in [-0.2, -0.15) is 13.9 Å². The molecule has 0 spiro atoms. The monoisotopic (exact) mass is 479 g/mol. The first-order valence-electron chi connectivity index (χ1n) is 10.3. The first kappa shape index (κ1) is 23.1. The highest BCUT2D eigenvalue weighted by atomic mass is 32.2. The molecule has 0 radical (unpaired) electrons. The summed E-state index contributed by atoms with van der Waals surface area (Å²) < 4.78 is 54.3. The molecule has 3 aromatic rings. The number of carbonyl (C=O) groups excluding carboxylic acids is 1. The number of sulfone groups is 1. The minimum atomic E-state index is -3.13. The number of amides is 1. The lowest BCUT2D eigenvalue weighted by Crippen LogP contribution is -2.63. The highest BCUT2D eigenvalue weighted by Gasteiger charge is 2.45. The van der Waals surface area contributed by atoms with Crippen LogP contribution in [0.3, 0.4) is 0 Å². The summed E-state index contributed by atoms with van der Waals surface area (Å²) in [6.45, 7) is 0.477. The van der Waals surface area contributed by atoms with Crippen LogP contribution in [0.1, 0.15) is 42.4 Å². The molecular formula is C22H23F2N3O5S. The molecule has 4 rings (SSSR count). The average molecular weight is 480 g/mol. The lowest BCUT2D eigenvalue weighted by Gasteiger charge is -2.38. The number of aliphatic hydroxyl groups is 1. The number of hydrogen-bond acceptors (Lipinski definition) is 6. The number of carbonyl (C=O) groups is 1. The van der Waals surface area contributed by atoms with Gasteiger partial charge in [-0.3, -0.25) is 4.79 Å². The summed E-state index contributed by atoms with van der Waals surface area (Å²) in [7, 11) is -3.13. The van der Waals surface area contributed by atoms with Crippen molar-refractivity contribution >= 4 is 26.6 Å². The minimum Gasteiger partial charge on any atom is -0.435 e. The van der Waals surface area contributed by atoms with E-state index in [2.05, 4.69) is 15.2 Å². The second-order valence-corrected chi connectivity index (χ2v) is 10.4. The maximum atomic E-state index is 12.8. The van der Waals surface area contributed by atoms with Crippen molar-refractivity contribution in [1.82, 2.24) is 15.1 Å². The Morgan fingerprint density at radius 3 is 2.64 bits per heavy atom. The molecule has 0 unspecified atom stereocenters. The summed E-state index contributed by atoms with van der Waals surface area (Å²) in [6, 6.07) is 10.8. The summed E-state index contributed by atoms with van der Waals surface area (Å²) in [5.74, 6) is -0.722. The number of hydrogen-bond donors (Lipinski definition) is 2. The van der Waals surface area contributed by atoms with E-state index in [0.29, 0.717) is 28.7 Å². The fourth-order valence-corrected chi connectivity index (χ4v) is 6.06. The molecule has 1 aromatic heterocycles. The van der Waals surface area contributed by atoms with Crippen molar-refractivity contribution in [2.45, 2.75) is 38.5 Å². The van der Waals surface area contributed by atoms with Gasteiger partial charge in [0, 0.05) is 17.0 Å². The van der Waals surface area contributed by atoms with E-state index in [0.717, 1.165) is 0 Å². The zero-order valence-corrected chi connectivity index (χ0v) is 18.8. The van der Waals surface area contributed by atoms with Gasteiger partial charge in [-0.05, 0) is 43.7 Å². The lowest BCUT2D eigenvalue weighted by molar-refractivity contribution is -0.0498. The molecule has 0 saturated carbocycles. The van der Waals surface area contributed by atoms with Crippen LogP contribution in [0.2, 0.25) is 0 Å². The van der Waals surface area contributed by atoms with Crippen LogP contribution in [0.25, 0.3) is 16.6 Å². The van der Waals surface area contributed by atoms with Crippen LogP contribution in [0.4, 0.5) is 8.78 Å². The van der Waals surface area contributed by atoms with Gasteiger partial charge in [0.05, 0.1) is 40.0 Å². The zero-order chi connectivity index (χ0) is 24.0. The molecule has 0 bridgehead atoms. The number of nitrogens with zero attached hydrogens (tertiary/aromatic N) is 2. The quantitative estimate of drug-likeness (QED) is 0.539. The second-order valence-electron chi connectivity index (χ2n) is 8.38. The summed E-state index contributed by atoms with van der Waals surface area (Å²) in [5, 5.41) is 18.3. The maximum Gasteiger partial charge on any atom is 0.387 e. The van der Waals surface area contributed by atoms with Gasteiger partial charge >= 0.3 is 6.61 Å². The van der Waals surface area contributed by atoms with E-state index in [4.69, 9.17) is 0 Å². The molecular weight excluding hydrogens is 456 g/mol. The van der Waals surface area contributed by atoms with Crippen LogP contribution in [0.5, 0.6) is 5.75 Å². The highest BCUT2D eigenvalue weighted by molar-refractivity contribution is 7.93. The number of fused-ring (bicyclic) bond motifs is 1. The zero-order valence-electron chi connectivity index (χ0n) is 18.0. The van der Waals surface area contributed by atoms with Gasteiger partial charge in [0.25, 0.3) is 5.91 Å². The highest BCUT2D eigenvalue weighted by Crippen LogP contribution is 2.30. The number of ether oxygens (including phenoxy) is 1. The van der Waals surface area contributed by atoms with E-state index < -0.39 is 34.0 Å². The Bertz CT molecular complexity index is 1310. The van der Waals surface area contributed by atoms with E-state index in [-0.39, 0.29) is 22.8 Å². The average Bonchev–Trinajstić information content (AvgIpc) is 3.10. The van der Waals surface area contributed by atoms with Crippen LogP contribution < -0.4 is 10.1 Å². The molecule has 1 atom stereocenters. The second kappa shape index (κ2) is 8.38. The van der Waals surface area contributed by atoms with E-state index in [1.807, 2.05) is 0 Å². The van der Waals surface area contributed by atoms with E-state index in [1.54, 1.807) is 44.2 Å². The van der Waals surface area contributed by atoms with Crippen molar-refractivity contribution in [3.8, 4) is 11.4 Å². The van der Waals surface area contributed by atoms with Gasteiger partial charge in [-0.25, -0.2) is 13.1 Å². The molecule has 2 aromatic carbocycles. The number of alkyl halides is 2. The van der Waals surface area contributed by atoms with E-state index in [9.17, 15) is 27.1 Å². The topological polar surface area (TPSA) is 111 Å². The van der Waals surface area contributed by atoms with Crippen molar-refractivity contribution in [1.29, 1.82) is 0 Å². The molecule has 2 N–H and O–H groups in total. The number of halogens is 2. The van der Waals surface area contributed by atoms with Crippen molar-refractivity contribution in [2.24, 2.45) is 0 Å². The Morgan fingerprint density at radius 1 is 1.27 bits per heavy atom. The predicted molar refractivity (Wildman–Crippen MR) is 117 cm³/mol. The first-order chi connectivity index (χ1) is 15.5. The summed E-state index contributed by atoms with van der Waals surface area (Å²) in [4.78, 5) is 12.8. The third-order valence-corrected chi connectivity index (χ3v) is 7.61. The Kier molecular flexibility index (Phi) is 5.87. The van der Waals surface area contributed by atoms with Crippen molar-refractivity contribution in [3.63, 3.8) is 0 Å². The molecule has 1 aliphatic rings. The third-order valence-electron chi connectivity index (χ3n) is 5.45. The summed E-state index contributed by atoms with van der Waals surface area (Å²) in [6.07, 6.45) is -0.547. The van der Waals surface area contributed by atoms with E-state index >= 15 is 0 Å². The molecule has 176 valence electrons. The fraction of sp³-hybridized carbons (Fsp3) is 0.364. The van der Waals surface area contributed by atoms with Crippen LogP contribution >= 0.6 is 0 Å². The minimum absolute atomic E-state index is 0.0385. The normalized spacial score (nSPS) is 17.5. The standard InChI is InChI=1S/C22H23F2N3O5S/c1-3-18(28)19-16-9-13(20(29)25-22(2)11-33(30,31)12-22)7-8-17(16)27(26-19)14-5-4-6-15(10-14)32-21(23)24/h4-10,18,21,28H,3,11-12H2,1-2H3,(H,25,29)/t18-/m1/s1. The van der Waals surface area contributed by atoms with Gasteiger partial charge < -0.3 is 15.2 Å². The van der Waals surface area contributed by atoms with Gasteiger partial charge in [0.2, 0.25) is 0 Å². The molecule has 0 aliphatic carbocycles. The fourth-order valence-electron chi connectivity index (χ4n) is 4.06. The number of aliphatic hydroxyl groups excluding tert-OH is 1. The molecule has 1 fully saturated rings. The van der Waals surface area contributed by atoms with Crippen molar-refractivity contribution < 1.29 is 31.8 Å². The number of rotatable bonds is 7. The number of benzene rings is 2. The van der Waals surface area contributed by atoms with Gasteiger partial charge in [-0.15, -0.1) is 0 Å². The molecule has 1 amide bonds. The van der Waals surface area contributed by atoms with Crippen LogP contribution in [-0.4, -0.2) is 52.9 Å². The predicted octanol–water partition coefficient (Wildman–Crippen LogP) is 2.99. The lowest BCUT2D eigenvalue weighted by atomic mass is 10.0. The van der Waals surface area contributed by atoms with Gasteiger partial charge in [-0.1, -0.05) is 13.0 Å². The number of aromatic nitrogens is 2. The Balaban J connectivity index is 1.73. The van der Waals surface area contributed by atoms with E-state index in [1.165, 1.54) is 16.8 Å². The summed E-state index contributed by atoms with van der Waals surface area (Å²) >= 11 is 0. The van der Waals surface area contributed by atoms with Gasteiger partial charge in [0.15, 0.2) is 9.84 Å². The van der Waals surface area contributed by atoms with Crippen LogP contribution in [-0.2, 0) is 9.84 Å². The number of nitrogens with one attached hydrogen (secondary N) is 1. The van der Waals surface area contributed by atoms with Gasteiger partial charge in [0.1, 0.15) is 5.75 Å². The first-order valence-corrected chi connectivity index (χ1v) is 12.1. The molecule has 33 heavy (non-hydrogen) atoms. The SMILES string of the molecule is CC[C@@H](O)c1nn(-c2cccc(OC(F)F)c2)c2ccc(C(=O)NC3(C)CS(=O)(=O)C3)cc12. The molecule has 1 aliphatic heterocycles. The van der Waals surface area contributed by atoms with Crippen molar-refractivity contribution in [2.75, 3.05) is 11.5 Å². The molecule has 2 heterocycles. The maximum absolute atomic E-state index is 12.8. The largest absolute Gasteiger partial charge is 0.435 e. The summed E-state index contributed by atoms with van der Waals surface area (Å²) in [5.41, 5.74) is 0.788. The molecule has 11 heteroatoms.